The first kappa shape index (κ1) is 26.5. The maximum Gasteiger partial charge on any atom is 0.337 e. The number of hydrogen-bond acceptors (Lipinski definition) is 7. The SMILES string of the molecule is COC(=O)c1ccc(-c2csc(NC(=O)c3ccc(S(=O)(=O)N4C[C@]5(C)C[C@H]4CC(C)(C)C5)cc3)n2)cc1. The second-order valence-electron chi connectivity index (χ2n) is 11.3. The largest absolute Gasteiger partial charge is 0.465 e. The third-order valence-corrected chi connectivity index (χ3v) is 10.1. The maximum absolute atomic E-state index is 13.5. The highest BCUT2D eigenvalue weighted by atomic mass is 32.2. The minimum atomic E-state index is -3.66. The number of ether oxygens (including phenoxy) is 1. The molecule has 0 spiro atoms. The number of nitrogens with one attached hydrogen (secondary N) is 1. The molecule has 1 N–H and O–H groups in total. The third-order valence-electron chi connectivity index (χ3n) is 7.42. The lowest BCUT2D eigenvalue weighted by atomic mass is 9.65. The van der Waals surface area contributed by atoms with Gasteiger partial charge in [0.05, 0.1) is 23.3 Å². The summed E-state index contributed by atoms with van der Waals surface area (Å²) in [5, 5.41) is 5.01. The highest BCUT2D eigenvalue weighted by Crippen LogP contribution is 2.53. The summed E-state index contributed by atoms with van der Waals surface area (Å²) >= 11 is 1.28. The zero-order valence-electron chi connectivity index (χ0n) is 21.9. The summed E-state index contributed by atoms with van der Waals surface area (Å²) in [5.41, 5.74) is 2.36. The molecule has 1 amide bonds. The molecule has 2 bridgehead atoms. The summed E-state index contributed by atoms with van der Waals surface area (Å²) in [4.78, 5) is 29.1. The molecule has 1 aromatic heterocycles. The summed E-state index contributed by atoms with van der Waals surface area (Å²) in [6.07, 6.45) is 2.76. The van der Waals surface area contributed by atoms with E-state index in [0.29, 0.717) is 28.5 Å². The van der Waals surface area contributed by atoms with Crippen LogP contribution in [0.3, 0.4) is 0 Å². The molecule has 8 nitrogen and oxygen atoms in total. The molecule has 2 atom stereocenters. The fourth-order valence-corrected chi connectivity index (χ4v) is 8.62. The first-order chi connectivity index (χ1) is 17.9. The van der Waals surface area contributed by atoms with E-state index in [4.69, 9.17) is 4.74 Å². The molecule has 2 heterocycles. The Hall–Kier alpha value is -3.08. The fourth-order valence-electron chi connectivity index (χ4n) is 6.13. The first-order valence-corrected chi connectivity index (χ1v) is 14.8. The van der Waals surface area contributed by atoms with Crippen LogP contribution < -0.4 is 5.32 Å². The third kappa shape index (κ3) is 5.12. The molecular formula is C28H31N3O5S2. The first-order valence-electron chi connectivity index (χ1n) is 12.5. The van der Waals surface area contributed by atoms with E-state index >= 15 is 0 Å². The van der Waals surface area contributed by atoms with Crippen molar-refractivity contribution in [2.75, 3.05) is 19.0 Å². The molecule has 0 radical (unpaired) electrons. The Bertz CT molecular complexity index is 1480. The van der Waals surface area contributed by atoms with E-state index in [1.807, 2.05) is 5.38 Å². The van der Waals surface area contributed by atoms with E-state index in [0.717, 1.165) is 24.8 Å². The number of aromatic nitrogens is 1. The van der Waals surface area contributed by atoms with E-state index in [-0.39, 0.29) is 27.7 Å². The van der Waals surface area contributed by atoms with Crippen LogP contribution in [0.2, 0.25) is 0 Å². The number of benzene rings is 2. The minimum Gasteiger partial charge on any atom is -0.465 e. The highest BCUT2D eigenvalue weighted by Gasteiger charge is 2.53. The van der Waals surface area contributed by atoms with Gasteiger partial charge in [0.15, 0.2) is 5.13 Å². The quantitative estimate of drug-likeness (QED) is 0.408. The summed E-state index contributed by atoms with van der Waals surface area (Å²) in [6, 6.07) is 12.9. The molecule has 200 valence electrons. The number of anilines is 1. The van der Waals surface area contributed by atoms with Gasteiger partial charge >= 0.3 is 5.97 Å². The van der Waals surface area contributed by atoms with Gasteiger partial charge in [-0.2, -0.15) is 4.31 Å². The topological polar surface area (TPSA) is 106 Å². The van der Waals surface area contributed by atoms with Crippen molar-refractivity contribution in [1.29, 1.82) is 0 Å². The van der Waals surface area contributed by atoms with Gasteiger partial charge in [-0.1, -0.05) is 32.9 Å². The van der Waals surface area contributed by atoms with Gasteiger partial charge in [0.1, 0.15) is 0 Å². The number of methoxy groups -OCH3 is 1. The molecule has 38 heavy (non-hydrogen) atoms. The predicted molar refractivity (Wildman–Crippen MR) is 147 cm³/mol. The average molecular weight is 554 g/mol. The zero-order chi connectivity index (χ0) is 27.3. The van der Waals surface area contributed by atoms with Crippen molar-refractivity contribution in [3.8, 4) is 11.3 Å². The van der Waals surface area contributed by atoms with Gasteiger partial charge in [0.2, 0.25) is 10.0 Å². The number of carbonyl (C=O) groups excluding carboxylic acids is 2. The molecule has 10 heteroatoms. The van der Waals surface area contributed by atoms with Gasteiger partial charge in [0.25, 0.3) is 5.91 Å². The van der Waals surface area contributed by atoms with Crippen LogP contribution in [0.5, 0.6) is 0 Å². The Balaban J connectivity index is 1.27. The standard InChI is InChI=1S/C28H31N3O5S2/c1-27(2)13-21-14-28(3,16-27)17-31(21)38(34,35)22-11-9-19(10-12-22)24(32)30-26-29-23(15-37-26)18-5-7-20(8-6-18)25(33)36-4/h5-12,15,21H,13-14,16-17H2,1-4H3,(H,29,30,32)/t21-,28-/m1/s1. The zero-order valence-corrected chi connectivity index (χ0v) is 23.5. The lowest BCUT2D eigenvalue weighted by molar-refractivity contribution is 0.0600. The molecule has 1 aliphatic carbocycles. The lowest BCUT2D eigenvalue weighted by Crippen LogP contribution is -2.37. The second kappa shape index (κ2) is 9.59. The molecule has 1 saturated heterocycles. The van der Waals surface area contributed by atoms with Gasteiger partial charge in [-0.3, -0.25) is 10.1 Å². The van der Waals surface area contributed by atoms with Crippen molar-refractivity contribution < 1.29 is 22.7 Å². The number of amides is 1. The number of fused-ring (bicyclic) bond motifs is 2. The van der Waals surface area contributed by atoms with Crippen LogP contribution in [0.1, 0.15) is 60.7 Å². The number of rotatable bonds is 6. The Morgan fingerprint density at radius 1 is 1.03 bits per heavy atom. The highest BCUT2D eigenvalue weighted by molar-refractivity contribution is 7.89. The summed E-state index contributed by atoms with van der Waals surface area (Å²) in [5.74, 6) is -0.787. The summed E-state index contributed by atoms with van der Waals surface area (Å²) in [6.45, 7) is 7.15. The molecule has 5 rings (SSSR count). The van der Waals surface area contributed by atoms with Crippen LogP contribution in [-0.2, 0) is 14.8 Å². The summed E-state index contributed by atoms with van der Waals surface area (Å²) < 4.78 is 33.4. The average Bonchev–Trinajstić information content (AvgIpc) is 3.44. The van der Waals surface area contributed by atoms with Crippen molar-refractivity contribution in [3.05, 3.63) is 65.0 Å². The normalized spacial score (nSPS) is 22.7. The molecular weight excluding hydrogens is 522 g/mol. The van der Waals surface area contributed by atoms with E-state index in [2.05, 4.69) is 31.1 Å². The maximum atomic E-state index is 13.5. The van der Waals surface area contributed by atoms with Crippen LogP contribution in [0, 0.1) is 10.8 Å². The van der Waals surface area contributed by atoms with Crippen molar-refractivity contribution in [2.24, 2.45) is 10.8 Å². The van der Waals surface area contributed by atoms with Gasteiger partial charge in [-0.15, -0.1) is 11.3 Å². The number of carbonyl (C=O) groups is 2. The van der Waals surface area contributed by atoms with E-state index in [9.17, 15) is 18.0 Å². The van der Waals surface area contributed by atoms with Gasteiger partial charge in [-0.25, -0.2) is 18.2 Å². The number of thiazole rings is 1. The van der Waals surface area contributed by atoms with Gasteiger partial charge < -0.3 is 4.74 Å². The minimum absolute atomic E-state index is 0.00470. The van der Waals surface area contributed by atoms with E-state index in [1.165, 1.54) is 42.7 Å². The Morgan fingerprint density at radius 3 is 2.34 bits per heavy atom. The number of sulfonamides is 1. The van der Waals surface area contributed by atoms with E-state index < -0.39 is 16.0 Å². The van der Waals surface area contributed by atoms with Crippen LogP contribution in [0.25, 0.3) is 11.3 Å². The van der Waals surface area contributed by atoms with Crippen LogP contribution in [0.15, 0.2) is 58.8 Å². The Kier molecular flexibility index (Phi) is 6.69. The smallest absolute Gasteiger partial charge is 0.337 e. The molecule has 2 aliphatic rings. The Labute approximate surface area is 227 Å². The number of nitrogens with zero attached hydrogens (tertiary/aromatic N) is 2. The fraction of sp³-hybridized carbons (Fsp3) is 0.393. The molecule has 2 fully saturated rings. The van der Waals surface area contributed by atoms with Gasteiger partial charge in [-0.05, 0) is 66.5 Å². The molecule has 3 aromatic rings. The van der Waals surface area contributed by atoms with Crippen LogP contribution >= 0.6 is 11.3 Å². The van der Waals surface area contributed by atoms with Gasteiger partial charge in [0, 0.05) is 29.1 Å². The lowest BCUT2D eigenvalue weighted by Gasteiger charge is -2.39. The monoisotopic (exact) mass is 553 g/mol. The van der Waals surface area contributed by atoms with Crippen molar-refractivity contribution in [3.63, 3.8) is 0 Å². The second-order valence-corrected chi connectivity index (χ2v) is 14.1. The van der Waals surface area contributed by atoms with Crippen LogP contribution in [0.4, 0.5) is 5.13 Å². The number of hydrogen-bond donors (Lipinski definition) is 1. The predicted octanol–water partition coefficient (Wildman–Crippen LogP) is 5.44. The van der Waals surface area contributed by atoms with Crippen molar-refractivity contribution in [2.45, 2.75) is 51.0 Å². The van der Waals surface area contributed by atoms with Crippen molar-refractivity contribution in [1.82, 2.24) is 9.29 Å². The van der Waals surface area contributed by atoms with E-state index in [1.54, 1.807) is 28.6 Å². The molecule has 2 aromatic carbocycles. The van der Waals surface area contributed by atoms with Crippen molar-refractivity contribution >= 4 is 38.4 Å². The molecule has 1 saturated carbocycles. The molecule has 0 unspecified atom stereocenters. The Morgan fingerprint density at radius 2 is 1.68 bits per heavy atom. The number of esters is 1. The van der Waals surface area contributed by atoms with Crippen LogP contribution in [-0.4, -0.2) is 49.3 Å². The molecule has 1 aliphatic heterocycles. The summed E-state index contributed by atoms with van der Waals surface area (Å²) in [7, 11) is -2.33.